The molecule has 0 saturated heterocycles. The molecule has 2 N–H and O–H groups in total. The van der Waals surface area contributed by atoms with Gasteiger partial charge < -0.3 is 8.83 Å². The van der Waals surface area contributed by atoms with Gasteiger partial charge in [-0.2, -0.15) is 10.2 Å². The van der Waals surface area contributed by atoms with Crippen molar-refractivity contribution in [2.75, 3.05) is 5.43 Å². The number of benzene rings is 1. The SMILES string of the molecule is O=C(N/N=C/c1ccco1)c1cccc(N/N=C/c2ccco2)c1. The quantitative estimate of drug-likeness (QED) is 0.539. The van der Waals surface area contributed by atoms with Crippen molar-refractivity contribution in [1.29, 1.82) is 0 Å². The van der Waals surface area contributed by atoms with E-state index in [1.807, 2.05) is 0 Å². The van der Waals surface area contributed by atoms with Gasteiger partial charge in [-0.15, -0.1) is 0 Å². The second-order valence-corrected chi connectivity index (χ2v) is 4.68. The number of rotatable bonds is 6. The van der Waals surface area contributed by atoms with Crippen LogP contribution in [0.15, 0.2) is 80.1 Å². The molecule has 3 aromatic rings. The van der Waals surface area contributed by atoms with Crippen LogP contribution in [0.1, 0.15) is 21.9 Å². The van der Waals surface area contributed by atoms with Crippen molar-refractivity contribution in [3.05, 3.63) is 78.1 Å². The second-order valence-electron chi connectivity index (χ2n) is 4.68. The zero-order chi connectivity index (χ0) is 16.6. The van der Waals surface area contributed by atoms with E-state index in [9.17, 15) is 4.79 Å². The van der Waals surface area contributed by atoms with Crippen molar-refractivity contribution in [3.8, 4) is 0 Å². The Labute approximate surface area is 137 Å². The minimum Gasteiger partial charge on any atom is -0.463 e. The predicted molar refractivity (Wildman–Crippen MR) is 90.1 cm³/mol. The summed E-state index contributed by atoms with van der Waals surface area (Å²) in [5, 5.41) is 7.87. The van der Waals surface area contributed by atoms with Gasteiger partial charge >= 0.3 is 0 Å². The van der Waals surface area contributed by atoms with Gasteiger partial charge in [0, 0.05) is 5.56 Å². The van der Waals surface area contributed by atoms with Crippen LogP contribution in [0, 0.1) is 0 Å². The van der Waals surface area contributed by atoms with Crippen LogP contribution in [0.4, 0.5) is 5.69 Å². The van der Waals surface area contributed by atoms with Crippen LogP contribution in [-0.4, -0.2) is 18.3 Å². The van der Waals surface area contributed by atoms with Gasteiger partial charge in [0.1, 0.15) is 11.5 Å². The van der Waals surface area contributed by atoms with E-state index in [2.05, 4.69) is 21.1 Å². The van der Waals surface area contributed by atoms with Crippen molar-refractivity contribution >= 4 is 24.0 Å². The third kappa shape index (κ3) is 4.20. The molecule has 0 aliphatic heterocycles. The summed E-state index contributed by atoms with van der Waals surface area (Å²) in [6.07, 6.45) is 6.06. The van der Waals surface area contributed by atoms with Crippen molar-refractivity contribution < 1.29 is 13.6 Å². The fraction of sp³-hybridized carbons (Fsp3) is 0. The maximum Gasteiger partial charge on any atom is 0.271 e. The monoisotopic (exact) mass is 322 g/mol. The molecule has 0 aliphatic rings. The number of carbonyl (C=O) groups excluding carboxylic acids is 1. The van der Waals surface area contributed by atoms with E-state index < -0.39 is 0 Å². The van der Waals surface area contributed by atoms with Crippen LogP contribution < -0.4 is 10.9 Å². The lowest BCUT2D eigenvalue weighted by atomic mass is 10.2. The Morgan fingerprint density at radius 3 is 2.29 bits per heavy atom. The van der Waals surface area contributed by atoms with Gasteiger partial charge in [-0.3, -0.25) is 10.2 Å². The summed E-state index contributed by atoms with van der Waals surface area (Å²) in [6.45, 7) is 0. The highest BCUT2D eigenvalue weighted by Crippen LogP contribution is 2.10. The molecule has 1 aromatic carbocycles. The first-order valence-electron chi connectivity index (χ1n) is 7.11. The molecule has 0 spiro atoms. The molecule has 0 unspecified atom stereocenters. The third-order valence-electron chi connectivity index (χ3n) is 2.95. The first-order chi connectivity index (χ1) is 11.8. The van der Waals surface area contributed by atoms with Gasteiger partial charge in [0.15, 0.2) is 0 Å². The summed E-state index contributed by atoms with van der Waals surface area (Å²) < 4.78 is 10.2. The molecular formula is C17H14N4O3. The normalized spacial score (nSPS) is 11.2. The lowest BCUT2D eigenvalue weighted by Crippen LogP contribution is -2.17. The molecule has 7 heteroatoms. The lowest BCUT2D eigenvalue weighted by Gasteiger charge is -2.03. The molecule has 24 heavy (non-hydrogen) atoms. The Morgan fingerprint density at radius 1 is 0.917 bits per heavy atom. The zero-order valence-corrected chi connectivity index (χ0v) is 12.5. The third-order valence-corrected chi connectivity index (χ3v) is 2.95. The van der Waals surface area contributed by atoms with Crippen LogP contribution >= 0.6 is 0 Å². The highest BCUT2D eigenvalue weighted by Gasteiger charge is 2.04. The molecule has 1 amide bonds. The summed E-state index contributed by atoms with van der Waals surface area (Å²) in [4.78, 5) is 12.0. The maximum atomic E-state index is 12.0. The van der Waals surface area contributed by atoms with Crippen LogP contribution in [0.25, 0.3) is 0 Å². The topological polar surface area (TPSA) is 92.1 Å². The maximum absolute atomic E-state index is 12.0. The number of furan rings is 2. The van der Waals surface area contributed by atoms with Crippen LogP contribution in [0.5, 0.6) is 0 Å². The van der Waals surface area contributed by atoms with E-state index in [0.29, 0.717) is 22.8 Å². The van der Waals surface area contributed by atoms with E-state index in [-0.39, 0.29) is 5.91 Å². The van der Waals surface area contributed by atoms with Gasteiger partial charge in [-0.05, 0) is 42.5 Å². The Kier molecular flexibility index (Phi) is 4.84. The van der Waals surface area contributed by atoms with Crippen LogP contribution in [0.3, 0.4) is 0 Å². The molecule has 7 nitrogen and oxygen atoms in total. The lowest BCUT2D eigenvalue weighted by molar-refractivity contribution is 0.0955. The molecule has 120 valence electrons. The number of hydrogen-bond acceptors (Lipinski definition) is 6. The minimum atomic E-state index is -0.337. The summed E-state index contributed by atoms with van der Waals surface area (Å²) in [5.41, 5.74) is 6.38. The molecule has 0 bridgehead atoms. The van der Waals surface area contributed by atoms with Gasteiger partial charge in [0.05, 0.1) is 30.6 Å². The van der Waals surface area contributed by atoms with Crippen molar-refractivity contribution in [2.24, 2.45) is 10.2 Å². The average molecular weight is 322 g/mol. The molecular weight excluding hydrogens is 308 g/mol. The van der Waals surface area contributed by atoms with Crippen LogP contribution in [-0.2, 0) is 0 Å². The zero-order valence-electron chi connectivity index (χ0n) is 12.5. The van der Waals surface area contributed by atoms with Crippen molar-refractivity contribution in [1.82, 2.24) is 5.43 Å². The van der Waals surface area contributed by atoms with Crippen molar-refractivity contribution in [2.45, 2.75) is 0 Å². The number of nitrogens with one attached hydrogen (secondary N) is 2. The molecule has 0 fully saturated rings. The summed E-state index contributed by atoms with van der Waals surface area (Å²) in [5.74, 6) is 0.845. The van der Waals surface area contributed by atoms with Gasteiger partial charge in [-0.25, -0.2) is 5.43 Å². The van der Waals surface area contributed by atoms with E-state index in [4.69, 9.17) is 8.83 Å². The minimum absolute atomic E-state index is 0.337. The second kappa shape index (κ2) is 7.59. The predicted octanol–water partition coefficient (Wildman–Crippen LogP) is 3.08. The summed E-state index contributed by atoms with van der Waals surface area (Å²) >= 11 is 0. The highest BCUT2D eigenvalue weighted by atomic mass is 16.3. The Morgan fingerprint density at radius 2 is 1.62 bits per heavy atom. The highest BCUT2D eigenvalue weighted by molar-refractivity contribution is 5.95. The number of carbonyl (C=O) groups is 1. The molecule has 0 radical (unpaired) electrons. The van der Waals surface area contributed by atoms with E-state index in [0.717, 1.165) is 0 Å². The van der Waals surface area contributed by atoms with Crippen molar-refractivity contribution in [3.63, 3.8) is 0 Å². The number of hydrogen-bond donors (Lipinski definition) is 2. The standard InChI is InChI=1S/C17H14N4O3/c22-17(21-19-12-16-7-3-9-24-16)13-4-1-5-14(10-13)20-18-11-15-6-2-8-23-15/h1-12,20H,(H,21,22)/b18-11+,19-12+. The Bertz CT molecular complexity index is 837. The number of nitrogens with zero attached hydrogens (tertiary/aromatic N) is 2. The van der Waals surface area contributed by atoms with E-state index in [1.54, 1.807) is 61.0 Å². The first-order valence-corrected chi connectivity index (χ1v) is 7.11. The van der Waals surface area contributed by atoms with Gasteiger partial charge in [0.25, 0.3) is 5.91 Å². The van der Waals surface area contributed by atoms with Gasteiger partial charge in [-0.1, -0.05) is 6.07 Å². The fourth-order valence-electron chi connectivity index (χ4n) is 1.85. The number of hydrazone groups is 2. The fourth-order valence-corrected chi connectivity index (χ4v) is 1.85. The number of amides is 1. The van der Waals surface area contributed by atoms with E-state index in [1.165, 1.54) is 12.5 Å². The Hall–Kier alpha value is -3.61. The molecule has 2 heterocycles. The van der Waals surface area contributed by atoms with Gasteiger partial charge in [0.2, 0.25) is 0 Å². The Balaban J connectivity index is 1.58. The first kappa shape index (κ1) is 15.3. The number of anilines is 1. The molecule has 0 aliphatic carbocycles. The van der Waals surface area contributed by atoms with E-state index >= 15 is 0 Å². The van der Waals surface area contributed by atoms with Crippen LogP contribution in [0.2, 0.25) is 0 Å². The summed E-state index contributed by atoms with van der Waals surface area (Å²) in [7, 11) is 0. The molecule has 0 atom stereocenters. The molecule has 0 saturated carbocycles. The average Bonchev–Trinajstić information content (AvgIpc) is 3.29. The largest absolute Gasteiger partial charge is 0.463 e. The molecule has 2 aromatic heterocycles. The molecule has 3 rings (SSSR count). The summed E-state index contributed by atoms with van der Waals surface area (Å²) in [6, 6.07) is 13.9. The smallest absolute Gasteiger partial charge is 0.271 e.